The predicted molar refractivity (Wildman–Crippen MR) is 70.4 cm³/mol. The van der Waals surface area contributed by atoms with Gasteiger partial charge in [0.2, 0.25) is 5.89 Å². The topological polar surface area (TPSA) is 77.8 Å². The molecule has 5 nitrogen and oxygen atoms in total. The van der Waals surface area contributed by atoms with E-state index in [2.05, 4.69) is 15.1 Å². The quantitative estimate of drug-likeness (QED) is 0.899. The zero-order chi connectivity index (χ0) is 13.2. The zero-order valence-corrected chi connectivity index (χ0v) is 11.8. The van der Waals surface area contributed by atoms with Crippen molar-refractivity contribution in [1.29, 1.82) is 0 Å². The molecule has 98 valence electrons. The number of thiazole rings is 1. The van der Waals surface area contributed by atoms with Crippen LogP contribution in [0.25, 0.3) is 0 Å². The molecule has 0 amide bonds. The maximum atomic E-state index is 6.22. The van der Waals surface area contributed by atoms with E-state index in [1.54, 1.807) is 11.3 Å². The van der Waals surface area contributed by atoms with Crippen LogP contribution in [0.5, 0.6) is 0 Å². The Hall–Kier alpha value is -1.27. The van der Waals surface area contributed by atoms with Crippen LogP contribution in [0.3, 0.4) is 0 Å². The van der Waals surface area contributed by atoms with E-state index >= 15 is 0 Å². The van der Waals surface area contributed by atoms with Gasteiger partial charge in [-0.1, -0.05) is 19.0 Å². The first kappa shape index (κ1) is 13.2. The van der Waals surface area contributed by atoms with Crippen molar-refractivity contribution in [2.75, 3.05) is 0 Å². The van der Waals surface area contributed by atoms with Crippen LogP contribution in [-0.2, 0) is 12.0 Å². The van der Waals surface area contributed by atoms with E-state index in [0.717, 1.165) is 23.5 Å². The van der Waals surface area contributed by atoms with Gasteiger partial charge in [-0.05, 0) is 19.8 Å². The van der Waals surface area contributed by atoms with Gasteiger partial charge in [0, 0.05) is 5.38 Å². The fraction of sp³-hybridized carbons (Fsp3) is 0.583. The van der Waals surface area contributed by atoms with E-state index in [1.807, 2.05) is 26.2 Å². The number of hydrogen-bond acceptors (Lipinski definition) is 6. The molecule has 0 fully saturated rings. The molecule has 0 atom stereocenters. The number of nitrogens with zero attached hydrogens (tertiary/aromatic N) is 3. The zero-order valence-electron chi connectivity index (χ0n) is 10.9. The Morgan fingerprint density at radius 3 is 2.61 bits per heavy atom. The first-order valence-electron chi connectivity index (χ1n) is 6.10. The Morgan fingerprint density at radius 1 is 1.33 bits per heavy atom. The van der Waals surface area contributed by atoms with Gasteiger partial charge in [0.15, 0.2) is 5.82 Å². The third-order valence-corrected chi connectivity index (χ3v) is 3.98. The summed E-state index contributed by atoms with van der Waals surface area (Å²) in [6, 6.07) is 0. The van der Waals surface area contributed by atoms with Gasteiger partial charge in [0.25, 0.3) is 0 Å². The molecule has 0 aliphatic carbocycles. The molecule has 2 aromatic heterocycles. The number of hydrogen-bond donors (Lipinski definition) is 1. The second-order valence-corrected chi connectivity index (χ2v) is 5.48. The second kappa shape index (κ2) is 5.16. The van der Waals surface area contributed by atoms with Crippen molar-refractivity contribution in [2.24, 2.45) is 5.73 Å². The molecular weight excluding hydrogens is 248 g/mol. The lowest BCUT2D eigenvalue weighted by Gasteiger charge is -2.20. The smallest absolute Gasteiger partial charge is 0.246 e. The lowest BCUT2D eigenvalue weighted by molar-refractivity contribution is 0.267. The summed E-state index contributed by atoms with van der Waals surface area (Å²) in [6.07, 6.45) is 2.15. The van der Waals surface area contributed by atoms with Crippen LogP contribution >= 0.6 is 11.3 Å². The van der Waals surface area contributed by atoms with Gasteiger partial charge in [-0.25, -0.2) is 4.98 Å². The third-order valence-electron chi connectivity index (χ3n) is 3.16. The van der Waals surface area contributed by atoms with Crippen LogP contribution in [-0.4, -0.2) is 15.1 Å². The average Bonchev–Trinajstić information content (AvgIpc) is 2.98. The normalized spacial score (nSPS) is 12.0. The Kier molecular flexibility index (Phi) is 3.77. The summed E-state index contributed by atoms with van der Waals surface area (Å²) in [4.78, 5) is 8.77. The van der Waals surface area contributed by atoms with Crippen molar-refractivity contribution in [1.82, 2.24) is 15.1 Å². The maximum Gasteiger partial charge on any atom is 0.246 e. The van der Waals surface area contributed by atoms with Crippen LogP contribution < -0.4 is 5.73 Å². The summed E-state index contributed by atoms with van der Waals surface area (Å²) in [5.41, 5.74) is 6.68. The minimum Gasteiger partial charge on any atom is -0.337 e. The summed E-state index contributed by atoms with van der Waals surface area (Å²) >= 11 is 1.62. The van der Waals surface area contributed by atoms with Gasteiger partial charge in [0.05, 0.1) is 22.7 Å². The van der Waals surface area contributed by atoms with Gasteiger partial charge < -0.3 is 10.3 Å². The average molecular weight is 266 g/mol. The molecule has 0 unspecified atom stereocenters. The first-order valence-corrected chi connectivity index (χ1v) is 6.98. The lowest BCUT2D eigenvalue weighted by Crippen LogP contribution is -2.35. The first-order chi connectivity index (χ1) is 8.57. The highest BCUT2D eigenvalue weighted by Crippen LogP contribution is 2.24. The molecule has 0 bridgehead atoms. The van der Waals surface area contributed by atoms with Crippen LogP contribution in [0, 0.1) is 6.92 Å². The number of rotatable bonds is 5. The Morgan fingerprint density at radius 2 is 2.06 bits per heavy atom. The molecular formula is C12H18N4OS. The van der Waals surface area contributed by atoms with E-state index in [9.17, 15) is 0 Å². The van der Waals surface area contributed by atoms with Gasteiger partial charge in [-0.2, -0.15) is 4.98 Å². The minimum atomic E-state index is -0.511. The number of nitrogens with two attached hydrogens (primary N) is 1. The molecule has 2 rings (SSSR count). The van der Waals surface area contributed by atoms with Crippen LogP contribution in [0.4, 0.5) is 0 Å². The summed E-state index contributed by atoms with van der Waals surface area (Å²) in [5, 5.41) is 7.04. The molecule has 0 aliphatic rings. The van der Waals surface area contributed by atoms with Gasteiger partial charge in [-0.3, -0.25) is 0 Å². The van der Waals surface area contributed by atoms with Crippen molar-refractivity contribution in [3.05, 3.63) is 27.8 Å². The molecule has 2 N–H and O–H groups in total. The van der Waals surface area contributed by atoms with Crippen LogP contribution in [0.1, 0.15) is 49.1 Å². The van der Waals surface area contributed by atoms with E-state index < -0.39 is 5.54 Å². The van der Waals surface area contributed by atoms with Crippen LogP contribution in [0.2, 0.25) is 0 Å². The van der Waals surface area contributed by atoms with Crippen LogP contribution in [0.15, 0.2) is 9.90 Å². The molecule has 0 saturated carbocycles. The fourth-order valence-electron chi connectivity index (χ4n) is 1.73. The highest BCUT2D eigenvalue weighted by Gasteiger charge is 2.29. The summed E-state index contributed by atoms with van der Waals surface area (Å²) < 4.78 is 5.28. The van der Waals surface area contributed by atoms with Gasteiger partial charge in [-0.15, -0.1) is 11.3 Å². The lowest BCUT2D eigenvalue weighted by atomic mass is 9.94. The summed E-state index contributed by atoms with van der Waals surface area (Å²) in [5.74, 6) is 1.17. The van der Waals surface area contributed by atoms with Crippen molar-refractivity contribution < 1.29 is 4.52 Å². The molecule has 2 heterocycles. The van der Waals surface area contributed by atoms with Gasteiger partial charge >= 0.3 is 0 Å². The minimum absolute atomic E-state index is 0.511. The Balaban J connectivity index is 2.15. The van der Waals surface area contributed by atoms with Crippen molar-refractivity contribution >= 4 is 11.3 Å². The molecule has 0 aromatic carbocycles. The fourth-order valence-corrected chi connectivity index (χ4v) is 2.34. The summed E-state index contributed by atoms with van der Waals surface area (Å²) in [6.45, 7) is 6.03. The molecule has 0 radical (unpaired) electrons. The maximum absolute atomic E-state index is 6.22. The highest BCUT2D eigenvalue weighted by atomic mass is 32.1. The highest BCUT2D eigenvalue weighted by molar-refractivity contribution is 7.09. The second-order valence-electron chi connectivity index (χ2n) is 4.41. The van der Waals surface area contributed by atoms with Crippen molar-refractivity contribution in [2.45, 2.75) is 45.6 Å². The summed E-state index contributed by atoms with van der Waals surface area (Å²) in [7, 11) is 0. The van der Waals surface area contributed by atoms with E-state index in [1.165, 1.54) is 0 Å². The van der Waals surface area contributed by atoms with Crippen molar-refractivity contribution in [3.63, 3.8) is 0 Å². The standard InChI is InChI=1S/C12H18N4OS/c1-4-12(13,5-2)11-15-10(16-17-11)6-9-7-18-8(3)14-9/h7H,4-6,13H2,1-3H3. The molecule has 0 aliphatic heterocycles. The van der Waals surface area contributed by atoms with E-state index in [-0.39, 0.29) is 0 Å². The number of aromatic nitrogens is 3. The Labute approximate surface area is 110 Å². The van der Waals surface area contributed by atoms with E-state index in [4.69, 9.17) is 10.3 Å². The molecule has 0 saturated heterocycles. The molecule has 2 aromatic rings. The molecule has 6 heteroatoms. The van der Waals surface area contributed by atoms with E-state index in [0.29, 0.717) is 18.1 Å². The molecule has 18 heavy (non-hydrogen) atoms. The van der Waals surface area contributed by atoms with Gasteiger partial charge in [0.1, 0.15) is 0 Å². The monoisotopic (exact) mass is 266 g/mol. The Bertz CT molecular complexity index is 516. The SMILES string of the molecule is CCC(N)(CC)c1nc(Cc2csc(C)n2)no1. The molecule has 0 spiro atoms. The predicted octanol–water partition coefficient (Wildman–Crippen LogP) is 2.40. The largest absolute Gasteiger partial charge is 0.337 e. The number of aryl methyl sites for hydroxylation is 1. The third kappa shape index (κ3) is 2.59. The van der Waals surface area contributed by atoms with Crippen molar-refractivity contribution in [3.8, 4) is 0 Å².